The van der Waals surface area contributed by atoms with Crippen molar-refractivity contribution < 1.29 is 89.0 Å². The fraction of sp³-hybridized carbons (Fsp3) is 0.545. The van der Waals surface area contributed by atoms with E-state index in [0.29, 0.717) is 0 Å². The van der Waals surface area contributed by atoms with Crippen LogP contribution in [0.4, 0.5) is 0 Å². The van der Waals surface area contributed by atoms with Crippen molar-refractivity contribution in [2.24, 2.45) is 0 Å². The highest BCUT2D eigenvalue weighted by Crippen LogP contribution is 2.38. The predicted molar refractivity (Wildman–Crippen MR) is 170 cm³/mol. The van der Waals surface area contributed by atoms with Crippen molar-refractivity contribution in [2.75, 3.05) is 6.61 Å². The van der Waals surface area contributed by atoms with E-state index in [1.54, 1.807) is 0 Å². The Morgan fingerprint density at radius 3 is 1.79 bits per heavy atom. The maximum absolute atomic E-state index is 13.9. The fourth-order valence-corrected chi connectivity index (χ4v) is 6.10. The summed E-state index contributed by atoms with van der Waals surface area (Å²) in [5, 5.41) is 113. The molecule has 3 fully saturated rings. The molecule has 0 aliphatic carbocycles. The molecule has 0 spiro atoms. The van der Waals surface area contributed by atoms with Crippen LogP contribution < -0.4 is 14.9 Å². The first-order valence-electron chi connectivity index (χ1n) is 16.2. The molecule has 0 saturated carbocycles. The van der Waals surface area contributed by atoms with Gasteiger partial charge in [-0.05, 0) is 38.1 Å². The summed E-state index contributed by atoms with van der Waals surface area (Å²) in [6, 6.07) is 7.45. The molecular weight excluding hydrogens is 700 g/mol. The van der Waals surface area contributed by atoms with Crippen LogP contribution in [-0.2, 0) is 18.9 Å². The number of rotatable bonds is 8. The number of benzene rings is 2. The smallest absolute Gasteiger partial charge is 0.239 e. The van der Waals surface area contributed by atoms with Gasteiger partial charge in [0, 0.05) is 17.7 Å². The van der Waals surface area contributed by atoms with Gasteiger partial charge in [0.15, 0.2) is 12.1 Å². The van der Waals surface area contributed by atoms with Crippen LogP contribution in [0.2, 0.25) is 0 Å². The molecule has 3 saturated heterocycles. The molecule has 3 aromatic rings. The minimum Gasteiger partial charge on any atom is -0.508 e. The Bertz CT molecular complexity index is 1770. The normalized spacial score (nSPS) is 38.2. The molecule has 0 radical (unpaired) electrons. The highest BCUT2D eigenvalue weighted by molar-refractivity contribution is 5.88. The van der Waals surface area contributed by atoms with E-state index in [9.17, 15) is 61.0 Å². The molecule has 15 atom stereocenters. The first-order chi connectivity index (χ1) is 24.6. The Labute approximate surface area is 293 Å². The highest BCUT2D eigenvalue weighted by atomic mass is 16.7. The van der Waals surface area contributed by atoms with Gasteiger partial charge in [-0.15, -0.1) is 0 Å². The largest absolute Gasteiger partial charge is 0.508 e. The number of aromatic hydroxyl groups is 2. The van der Waals surface area contributed by atoms with Crippen LogP contribution in [-0.4, -0.2) is 155 Å². The Hall–Kier alpha value is -3.67. The van der Waals surface area contributed by atoms with Gasteiger partial charge in [0.05, 0.1) is 18.8 Å². The molecule has 52 heavy (non-hydrogen) atoms. The zero-order valence-corrected chi connectivity index (χ0v) is 27.5. The lowest BCUT2D eigenvalue weighted by atomic mass is 9.98. The van der Waals surface area contributed by atoms with Crippen molar-refractivity contribution in [3.63, 3.8) is 0 Å². The minimum atomic E-state index is -1.98. The van der Waals surface area contributed by atoms with E-state index in [1.807, 2.05) is 0 Å². The van der Waals surface area contributed by atoms with Gasteiger partial charge < -0.3 is 89.0 Å². The Morgan fingerprint density at radius 1 is 0.635 bits per heavy atom. The van der Waals surface area contributed by atoms with Crippen molar-refractivity contribution in [3.05, 3.63) is 46.6 Å². The zero-order chi connectivity index (χ0) is 37.8. The van der Waals surface area contributed by atoms with Crippen molar-refractivity contribution in [1.29, 1.82) is 0 Å². The minimum absolute atomic E-state index is 0.110. The summed E-state index contributed by atoms with van der Waals surface area (Å²) in [6.07, 6.45) is -23.0. The summed E-state index contributed by atoms with van der Waals surface area (Å²) in [6.45, 7) is 2.29. The second-order valence-corrected chi connectivity index (χ2v) is 12.9. The van der Waals surface area contributed by atoms with E-state index in [1.165, 1.54) is 38.1 Å². The van der Waals surface area contributed by atoms with Gasteiger partial charge >= 0.3 is 0 Å². The first kappa shape index (κ1) is 38.1. The van der Waals surface area contributed by atoms with Gasteiger partial charge in [-0.25, -0.2) is 0 Å². The van der Waals surface area contributed by atoms with Crippen molar-refractivity contribution in [2.45, 2.75) is 106 Å². The summed E-state index contributed by atoms with van der Waals surface area (Å²) >= 11 is 0. The van der Waals surface area contributed by atoms with Gasteiger partial charge in [-0.3, -0.25) is 4.79 Å². The molecule has 4 heterocycles. The number of ether oxygens (including phenoxy) is 6. The van der Waals surface area contributed by atoms with Gasteiger partial charge in [0.1, 0.15) is 89.3 Å². The van der Waals surface area contributed by atoms with E-state index < -0.39 is 127 Å². The molecule has 11 N–H and O–H groups in total. The second-order valence-electron chi connectivity index (χ2n) is 12.9. The predicted octanol–water partition coefficient (Wildman–Crippen LogP) is -2.89. The molecule has 19 heteroatoms. The summed E-state index contributed by atoms with van der Waals surface area (Å²) < 4.78 is 39.4. The number of aliphatic hydroxyl groups excluding tert-OH is 9. The number of phenols is 2. The molecule has 0 unspecified atom stereocenters. The fourth-order valence-electron chi connectivity index (χ4n) is 6.10. The molecular formula is C33H40O19. The summed E-state index contributed by atoms with van der Waals surface area (Å²) in [4.78, 5) is 13.9. The van der Waals surface area contributed by atoms with E-state index in [-0.39, 0.29) is 22.7 Å². The van der Waals surface area contributed by atoms with E-state index in [4.69, 9.17) is 32.8 Å². The van der Waals surface area contributed by atoms with Gasteiger partial charge in [-0.2, -0.15) is 0 Å². The molecule has 1 aromatic heterocycles. The summed E-state index contributed by atoms with van der Waals surface area (Å²) in [5.74, 6) is -1.99. The number of hydrogen-bond donors (Lipinski definition) is 11. The third-order valence-corrected chi connectivity index (χ3v) is 9.23. The van der Waals surface area contributed by atoms with Crippen LogP contribution in [0.25, 0.3) is 22.3 Å². The highest BCUT2D eigenvalue weighted by Gasteiger charge is 2.48. The Kier molecular flexibility index (Phi) is 11.0. The Balaban J connectivity index is 1.29. The van der Waals surface area contributed by atoms with Crippen molar-refractivity contribution in [1.82, 2.24) is 0 Å². The molecule has 2 aromatic carbocycles. The van der Waals surface area contributed by atoms with E-state index in [0.717, 1.165) is 12.1 Å². The standard InChI is InChI=1S/C33H40O19/c1-10-19(36)23(40)26(43)31(47-10)46-9-17-21(38)25(42)28(45)33(51-17)52-30-22(39)18-15(35)7-13(34)8-16(18)50-29(30)12-3-5-14(6-4-12)49-32-27(44)24(41)20(37)11(2)48-32/h3-8,10-11,17,19-21,23-28,31-38,40-45H,9H2,1-2H3/t10-,11-,17+,19-,20-,21-,23+,24+,25-,26+,27+,28+,31+,32-,33-/m0/s1. The third kappa shape index (κ3) is 7.16. The van der Waals surface area contributed by atoms with E-state index in [2.05, 4.69) is 0 Å². The first-order valence-corrected chi connectivity index (χ1v) is 16.2. The van der Waals surface area contributed by atoms with Crippen LogP contribution in [0, 0.1) is 0 Å². The molecule has 286 valence electrons. The number of phenolic OH excluding ortho intramolecular Hbond substituents is 2. The van der Waals surface area contributed by atoms with Crippen LogP contribution in [0.15, 0.2) is 45.6 Å². The molecule has 0 bridgehead atoms. The quantitative estimate of drug-likeness (QED) is 0.110. The molecule has 19 nitrogen and oxygen atoms in total. The zero-order valence-electron chi connectivity index (χ0n) is 27.5. The number of fused-ring (bicyclic) bond motifs is 1. The van der Waals surface area contributed by atoms with Gasteiger partial charge in [0.2, 0.25) is 23.8 Å². The van der Waals surface area contributed by atoms with Crippen LogP contribution in [0.1, 0.15) is 13.8 Å². The Morgan fingerprint density at radius 2 is 1.17 bits per heavy atom. The van der Waals surface area contributed by atoms with Crippen molar-refractivity contribution in [3.8, 4) is 34.3 Å². The van der Waals surface area contributed by atoms with Gasteiger partial charge in [0.25, 0.3) is 0 Å². The van der Waals surface area contributed by atoms with Crippen LogP contribution in [0.5, 0.6) is 23.0 Å². The number of aliphatic hydroxyl groups is 9. The second kappa shape index (κ2) is 15.0. The summed E-state index contributed by atoms with van der Waals surface area (Å²) in [7, 11) is 0. The monoisotopic (exact) mass is 740 g/mol. The lowest BCUT2D eigenvalue weighted by Crippen LogP contribution is -2.61. The van der Waals surface area contributed by atoms with Gasteiger partial charge in [-0.1, -0.05) is 0 Å². The average Bonchev–Trinajstić information content (AvgIpc) is 3.11. The molecule has 3 aliphatic rings. The number of hydrogen-bond acceptors (Lipinski definition) is 19. The van der Waals surface area contributed by atoms with Crippen molar-refractivity contribution >= 4 is 11.0 Å². The van der Waals surface area contributed by atoms with E-state index >= 15 is 0 Å². The molecule has 3 aliphatic heterocycles. The average molecular weight is 741 g/mol. The summed E-state index contributed by atoms with van der Waals surface area (Å²) in [5.41, 5.74) is -1.15. The molecule has 6 rings (SSSR count). The SMILES string of the molecule is C[C@@H]1O[C@@H](OC[C@H]2O[C@@H](Oc3c(-c4ccc(O[C@@H]5O[C@@H](C)[C@H](O)[C@@H](O)[C@H]5O)cc4)oc4cc(O)cc(O)c4c3=O)[C@H](O)[C@@H](O)[C@H]2O)[C@H](O)[C@H](O)[C@H]1O. The van der Waals surface area contributed by atoms with Crippen LogP contribution >= 0.6 is 0 Å². The lowest BCUT2D eigenvalue weighted by molar-refractivity contribution is -0.318. The van der Waals surface area contributed by atoms with Crippen LogP contribution in [0.3, 0.4) is 0 Å². The third-order valence-electron chi connectivity index (χ3n) is 9.23. The topological polar surface area (TPSA) is 308 Å². The lowest BCUT2D eigenvalue weighted by Gasteiger charge is -2.42. The maximum atomic E-state index is 13.9. The molecule has 0 amide bonds. The maximum Gasteiger partial charge on any atom is 0.239 e.